The Hall–Kier alpha value is -1.42. The fourth-order valence-electron chi connectivity index (χ4n) is 2.07. The van der Waals surface area contributed by atoms with Crippen molar-refractivity contribution in [3.63, 3.8) is 0 Å². The summed E-state index contributed by atoms with van der Waals surface area (Å²) in [6.07, 6.45) is 0.546. The Morgan fingerprint density at radius 3 is 2.88 bits per heavy atom. The molecule has 1 unspecified atom stereocenters. The summed E-state index contributed by atoms with van der Waals surface area (Å²) in [6.45, 7) is 5.46. The molecule has 0 bridgehead atoms. The van der Waals surface area contributed by atoms with Crippen LogP contribution in [0.1, 0.15) is 31.9 Å². The highest BCUT2D eigenvalue weighted by Crippen LogP contribution is 2.24. The second-order valence-corrected chi connectivity index (χ2v) is 4.89. The second kappa shape index (κ2) is 4.84. The first-order valence-electron chi connectivity index (χ1n) is 6.09. The minimum atomic E-state index is 0.133. The lowest BCUT2D eigenvalue weighted by molar-refractivity contribution is -0.117. The van der Waals surface area contributed by atoms with E-state index in [0.717, 1.165) is 11.5 Å². The van der Waals surface area contributed by atoms with Crippen molar-refractivity contribution in [1.82, 2.24) is 4.98 Å². The van der Waals surface area contributed by atoms with Crippen molar-refractivity contribution >= 4 is 11.7 Å². The van der Waals surface area contributed by atoms with Crippen LogP contribution < -0.4 is 10.6 Å². The molecule has 1 saturated heterocycles. The summed E-state index contributed by atoms with van der Waals surface area (Å²) in [5.74, 6) is 1.54. The standard InChI is InChI=1S/C13H19N3O/c1-9(2)11-4-3-5-12(15-11)16-8-10(7-14)6-13(16)17/h3-5,9-10H,6-8,14H2,1-2H3. The zero-order valence-electron chi connectivity index (χ0n) is 10.4. The van der Waals surface area contributed by atoms with Crippen molar-refractivity contribution in [2.24, 2.45) is 11.7 Å². The lowest BCUT2D eigenvalue weighted by Gasteiger charge is -2.17. The molecule has 0 aliphatic carbocycles. The van der Waals surface area contributed by atoms with Gasteiger partial charge in [-0.05, 0) is 30.5 Å². The molecule has 0 radical (unpaired) electrons. The van der Waals surface area contributed by atoms with Crippen LogP contribution in [0.5, 0.6) is 0 Å². The number of amides is 1. The van der Waals surface area contributed by atoms with Crippen LogP contribution in [0.2, 0.25) is 0 Å². The van der Waals surface area contributed by atoms with Gasteiger partial charge < -0.3 is 5.73 Å². The molecule has 1 aromatic rings. The molecule has 1 atom stereocenters. The minimum Gasteiger partial charge on any atom is -0.330 e. The van der Waals surface area contributed by atoms with Crippen LogP contribution in [0, 0.1) is 5.92 Å². The lowest BCUT2D eigenvalue weighted by atomic mass is 10.1. The van der Waals surface area contributed by atoms with Crippen molar-refractivity contribution < 1.29 is 4.79 Å². The van der Waals surface area contributed by atoms with Crippen LogP contribution in [0.25, 0.3) is 0 Å². The van der Waals surface area contributed by atoms with Crippen molar-refractivity contribution in [3.8, 4) is 0 Å². The molecule has 0 saturated carbocycles. The molecule has 0 aromatic carbocycles. The summed E-state index contributed by atoms with van der Waals surface area (Å²) in [5.41, 5.74) is 6.64. The Morgan fingerprint density at radius 1 is 1.53 bits per heavy atom. The molecule has 0 spiro atoms. The van der Waals surface area contributed by atoms with Gasteiger partial charge in [-0.1, -0.05) is 19.9 Å². The van der Waals surface area contributed by atoms with E-state index >= 15 is 0 Å². The maximum absolute atomic E-state index is 11.9. The third kappa shape index (κ3) is 2.47. The van der Waals surface area contributed by atoms with E-state index in [1.165, 1.54) is 0 Å². The number of rotatable bonds is 3. The smallest absolute Gasteiger partial charge is 0.228 e. The molecule has 4 nitrogen and oxygen atoms in total. The Bertz CT molecular complexity index is 417. The molecule has 1 aromatic heterocycles. The molecule has 1 amide bonds. The van der Waals surface area contributed by atoms with Crippen LogP contribution in [0.15, 0.2) is 18.2 Å². The van der Waals surface area contributed by atoms with Gasteiger partial charge in [0.15, 0.2) is 0 Å². The molecule has 2 heterocycles. The zero-order valence-corrected chi connectivity index (χ0v) is 10.4. The molecular weight excluding hydrogens is 214 g/mol. The topological polar surface area (TPSA) is 59.2 Å². The summed E-state index contributed by atoms with van der Waals surface area (Å²) in [7, 11) is 0. The van der Waals surface area contributed by atoms with E-state index in [-0.39, 0.29) is 11.8 Å². The van der Waals surface area contributed by atoms with Crippen molar-refractivity contribution in [3.05, 3.63) is 23.9 Å². The predicted molar refractivity (Wildman–Crippen MR) is 67.8 cm³/mol. The van der Waals surface area contributed by atoms with Gasteiger partial charge in [0.25, 0.3) is 0 Å². The second-order valence-electron chi connectivity index (χ2n) is 4.89. The van der Waals surface area contributed by atoms with Gasteiger partial charge in [0.2, 0.25) is 5.91 Å². The highest BCUT2D eigenvalue weighted by atomic mass is 16.2. The largest absolute Gasteiger partial charge is 0.330 e. The number of carbonyl (C=O) groups excluding carboxylic acids is 1. The Kier molecular flexibility index (Phi) is 3.43. The monoisotopic (exact) mass is 233 g/mol. The van der Waals surface area contributed by atoms with Crippen LogP contribution in [-0.4, -0.2) is 24.0 Å². The van der Waals surface area contributed by atoms with E-state index < -0.39 is 0 Å². The normalized spacial score (nSPS) is 20.4. The average Bonchev–Trinajstić information content (AvgIpc) is 2.71. The number of anilines is 1. The first-order chi connectivity index (χ1) is 8.11. The highest BCUT2D eigenvalue weighted by Gasteiger charge is 2.30. The van der Waals surface area contributed by atoms with Gasteiger partial charge in [0, 0.05) is 18.7 Å². The van der Waals surface area contributed by atoms with Gasteiger partial charge >= 0.3 is 0 Å². The highest BCUT2D eigenvalue weighted by molar-refractivity contribution is 5.94. The van der Waals surface area contributed by atoms with E-state index in [1.54, 1.807) is 4.90 Å². The first kappa shape index (κ1) is 12.0. The summed E-state index contributed by atoms with van der Waals surface area (Å²) in [6, 6.07) is 5.85. The Morgan fingerprint density at radius 2 is 2.29 bits per heavy atom. The van der Waals surface area contributed by atoms with E-state index in [2.05, 4.69) is 18.8 Å². The van der Waals surface area contributed by atoms with E-state index in [9.17, 15) is 4.79 Å². The quantitative estimate of drug-likeness (QED) is 0.861. The van der Waals surface area contributed by atoms with Crippen LogP contribution >= 0.6 is 0 Å². The summed E-state index contributed by atoms with van der Waals surface area (Å²) in [4.78, 5) is 18.1. The number of pyridine rings is 1. The number of hydrogen-bond acceptors (Lipinski definition) is 3. The van der Waals surface area contributed by atoms with Crippen LogP contribution in [-0.2, 0) is 4.79 Å². The molecule has 1 aliphatic heterocycles. The molecule has 17 heavy (non-hydrogen) atoms. The zero-order chi connectivity index (χ0) is 12.4. The molecular formula is C13H19N3O. The molecule has 1 aliphatic rings. The van der Waals surface area contributed by atoms with Crippen LogP contribution in [0.4, 0.5) is 5.82 Å². The molecule has 92 valence electrons. The number of carbonyl (C=O) groups is 1. The van der Waals surface area contributed by atoms with E-state index in [0.29, 0.717) is 25.4 Å². The van der Waals surface area contributed by atoms with Crippen molar-refractivity contribution in [2.75, 3.05) is 18.0 Å². The van der Waals surface area contributed by atoms with Gasteiger partial charge in [-0.2, -0.15) is 0 Å². The Balaban J connectivity index is 2.22. The summed E-state index contributed by atoms with van der Waals surface area (Å²) in [5, 5.41) is 0. The molecule has 2 rings (SSSR count). The predicted octanol–water partition coefficient (Wildman–Crippen LogP) is 1.52. The van der Waals surface area contributed by atoms with Crippen molar-refractivity contribution in [2.45, 2.75) is 26.2 Å². The van der Waals surface area contributed by atoms with Gasteiger partial charge in [0.05, 0.1) is 0 Å². The van der Waals surface area contributed by atoms with Gasteiger partial charge in [-0.15, -0.1) is 0 Å². The van der Waals surface area contributed by atoms with Gasteiger partial charge in [-0.25, -0.2) is 4.98 Å². The van der Waals surface area contributed by atoms with Gasteiger partial charge in [0.1, 0.15) is 5.82 Å². The minimum absolute atomic E-state index is 0.133. The van der Waals surface area contributed by atoms with Crippen molar-refractivity contribution in [1.29, 1.82) is 0 Å². The van der Waals surface area contributed by atoms with Crippen LogP contribution in [0.3, 0.4) is 0 Å². The lowest BCUT2D eigenvalue weighted by Crippen LogP contribution is -2.26. The fraction of sp³-hybridized carbons (Fsp3) is 0.538. The molecule has 2 N–H and O–H groups in total. The SMILES string of the molecule is CC(C)c1cccc(N2CC(CN)CC2=O)n1. The Labute approximate surface area is 102 Å². The number of aromatic nitrogens is 1. The molecule has 4 heteroatoms. The summed E-state index contributed by atoms with van der Waals surface area (Å²) < 4.78 is 0. The maximum Gasteiger partial charge on any atom is 0.228 e. The maximum atomic E-state index is 11.9. The summed E-state index contributed by atoms with van der Waals surface area (Å²) >= 11 is 0. The third-order valence-corrected chi connectivity index (χ3v) is 3.16. The van der Waals surface area contributed by atoms with E-state index in [4.69, 9.17) is 5.73 Å². The molecule has 1 fully saturated rings. The number of nitrogens with two attached hydrogens (primary N) is 1. The van der Waals surface area contributed by atoms with E-state index in [1.807, 2.05) is 18.2 Å². The van der Waals surface area contributed by atoms with Gasteiger partial charge in [-0.3, -0.25) is 9.69 Å². The third-order valence-electron chi connectivity index (χ3n) is 3.16. The first-order valence-corrected chi connectivity index (χ1v) is 6.09. The number of hydrogen-bond donors (Lipinski definition) is 1. The number of nitrogens with zero attached hydrogens (tertiary/aromatic N) is 2. The fourth-order valence-corrected chi connectivity index (χ4v) is 2.07. The average molecular weight is 233 g/mol.